The first-order chi connectivity index (χ1) is 5.81. The van der Waals surface area contributed by atoms with Crippen molar-refractivity contribution >= 4 is 15.9 Å². The molecule has 0 radical (unpaired) electrons. The number of aliphatic hydroxyl groups excluding tert-OH is 1. The Hall–Kier alpha value is -0.850. The van der Waals surface area contributed by atoms with E-state index >= 15 is 0 Å². The van der Waals surface area contributed by atoms with E-state index in [4.69, 9.17) is 10.4 Å². The number of benzene rings is 1. The monoisotopic (exact) mass is 225 g/mol. The maximum absolute atomic E-state index is 8.80. The molecule has 0 bridgehead atoms. The van der Waals surface area contributed by atoms with Gasteiger partial charge in [0.05, 0.1) is 18.2 Å². The molecule has 0 saturated heterocycles. The van der Waals surface area contributed by atoms with Crippen molar-refractivity contribution in [3.63, 3.8) is 0 Å². The molecule has 1 rings (SSSR count). The Bertz CT molecular complexity index is 317. The Morgan fingerprint density at radius 3 is 2.75 bits per heavy atom. The highest BCUT2D eigenvalue weighted by atomic mass is 79.9. The van der Waals surface area contributed by atoms with Gasteiger partial charge in [-0.1, -0.05) is 28.1 Å². The molecule has 1 aromatic carbocycles. The summed E-state index contributed by atoms with van der Waals surface area (Å²) in [5.74, 6) is 0. The van der Waals surface area contributed by atoms with E-state index in [0.717, 1.165) is 11.1 Å². The normalized spacial score (nSPS) is 9.42. The third kappa shape index (κ3) is 1.84. The average molecular weight is 226 g/mol. The summed E-state index contributed by atoms with van der Waals surface area (Å²) in [7, 11) is 0. The van der Waals surface area contributed by atoms with Gasteiger partial charge in [-0.3, -0.25) is 0 Å². The van der Waals surface area contributed by atoms with E-state index in [9.17, 15) is 0 Å². The zero-order valence-corrected chi connectivity index (χ0v) is 8.00. The van der Waals surface area contributed by atoms with Crippen LogP contribution < -0.4 is 0 Å². The largest absolute Gasteiger partial charge is 0.392 e. The summed E-state index contributed by atoms with van der Waals surface area (Å²) in [5.41, 5.74) is 2.35. The van der Waals surface area contributed by atoms with Crippen LogP contribution >= 0.6 is 15.9 Å². The molecule has 1 N–H and O–H groups in total. The van der Waals surface area contributed by atoms with Crippen molar-refractivity contribution in [1.82, 2.24) is 0 Å². The molecule has 62 valence electrons. The number of hydrogen-bond acceptors (Lipinski definition) is 2. The molecule has 0 aliphatic carbocycles. The minimum atomic E-state index is -0.0166. The van der Waals surface area contributed by atoms with E-state index < -0.39 is 0 Å². The van der Waals surface area contributed by atoms with Gasteiger partial charge in [0.1, 0.15) is 0 Å². The molecule has 12 heavy (non-hydrogen) atoms. The van der Waals surface area contributed by atoms with E-state index in [1.807, 2.05) is 12.1 Å². The molecule has 1 aromatic rings. The van der Waals surface area contributed by atoms with Crippen LogP contribution in [-0.2, 0) is 11.9 Å². The lowest BCUT2D eigenvalue weighted by molar-refractivity contribution is 0.282. The molecule has 0 aliphatic heterocycles. The summed E-state index contributed by atoms with van der Waals surface area (Å²) in [4.78, 5) is 0. The predicted molar refractivity (Wildman–Crippen MR) is 49.7 cm³/mol. The van der Waals surface area contributed by atoms with Crippen LogP contribution in [0, 0.1) is 11.3 Å². The van der Waals surface area contributed by atoms with Gasteiger partial charge in [0.15, 0.2) is 0 Å². The highest BCUT2D eigenvalue weighted by molar-refractivity contribution is 9.08. The van der Waals surface area contributed by atoms with Gasteiger partial charge in [-0.05, 0) is 17.2 Å². The highest BCUT2D eigenvalue weighted by Gasteiger charge is 2.00. The Kier molecular flexibility index (Phi) is 3.27. The molecule has 0 aromatic heterocycles. The molecule has 0 atom stereocenters. The molecule has 0 saturated carbocycles. The minimum Gasteiger partial charge on any atom is -0.392 e. The van der Waals surface area contributed by atoms with Crippen molar-refractivity contribution in [2.45, 2.75) is 11.9 Å². The van der Waals surface area contributed by atoms with E-state index in [-0.39, 0.29) is 6.61 Å². The van der Waals surface area contributed by atoms with Crippen LogP contribution in [0.25, 0.3) is 0 Å². The fourth-order valence-corrected chi connectivity index (χ4v) is 1.43. The number of aliphatic hydroxyl groups is 1. The second-order valence-electron chi connectivity index (χ2n) is 2.40. The zero-order valence-electron chi connectivity index (χ0n) is 6.42. The summed E-state index contributed by atoms with van der Waals surface area (Å²) >= 11 is 3.28. The Morgan fingerprint density at radius 2 is 2.25 bits per heavy atom. The average Bonchev–Trinajstić information content (AvgIpc) is 2.16. The van der Waals surface area contributed by atoms with Crippen molar-refractivity contribution < 1.29 is 5.11 Å². The Morgan fingerprint density at radius 1 is 1.50 bits per heavy atom. The number of nitrogens with zero attached hydrogens (tertiary/aromatic N) is 1. The van der Waals surface area contributed by atoms with Crippen molar-refractivity contribution in [3.8, 4) is 6.07 Å². The van der Waals surface area contributed by atoms with Gasteiger partial charge in [-0.15, -0.1) is 0 Å². The molecule has 0 amide bonds. The number of alkyl halides is 1. The third-order valence-electron chi connectivity index (χ3n) is 1.62. The number of hydrogen-bond donors (Lipinski definition) is 1. The summed E-state index contributed by atoms with van der Waals surface area (Å²) in [6, 6.07) is 7.45. The fourth-order valence-electron chi connectivity index (χ4n) is 0.943. The predicted octanol–water partition coefficient (Wildman–Crippen LogP) is 1.95. The van der Waals surface area contributed by atoms with Crippen molar-refractivity contribution in [2.24, 2.45) is 0 Å². The first-order valence-corrected chi connectivity index (χ1v) is 4.62. The van der Waals surface area contributed by atoms with Gasteiger partial charge in [-0.25, -0.2) is 0 Å². The summed E-state index contributed by atoms with van der Waals surface area (Å²) in [6.07, 6.45) is 0. The van der Waals surface area contributed by atoms with E-state index in [1.165, 1.54) is 0 Å². The van der Waals surface area contributed by atoms with Gasteiger partial charge in [0.25, 0.3) is 0 Å². The quantitative estimate of drug-likeness (QED) is 0.783. The van der Waals surface area contributed by atoms with Crippen LogP contribution in [0.15, 0.2) is 18.2 Å². The van der Waals surface area contributed by atoms with Gasteiger partial charge in [0.2, 0.25) is 0 Å². The van der Waals surface area contributed by atoms with E-state index in [1.54, 1.807) is 6.07 Å². The van der Waals surface area contributed by atoms with Crippen molar-refractivity contribution in [2.75, 3.05) is 0 Å². The smallest absolute Gasteiger partial charge is 0.0994 e. The molecule has 0 heterocycles. The second kappa shape index (κ2) is 4.24. The Labute approximate surface area is 79.6 Å². The maximum Gasteiger partial charge on any atom is 0.0994 e. The second-order valence-corrected chi connectivity index (χ2v) is 2.96. The molecule has 0 aliphatic rings. The molecule has 0 fully saturated rings. The van der Waals surface area contributed by atoms with Crippen LogP contribution in [0.3, 0.4) is 0 Å². The first-order valence-electron chi connectivity index (χ1n) is 3.50. The fraction of sp³-hybridized carbons (Fsp3) is 0.222. The van der Waals surface area contributed by atoms with Gasteiger partial charge in [0, 0.05) is 5.33 Å². The van der Waals surface area contributed by atoms with Crippen LogP contribution in [-0.4, -0.2) is 5.11 Å². The molecule has 0 spiro atoms. The minimum absolute atomic E-state index is 0.0166. The lowest BCUT2D eigenvalue weighted by Gasteiger charge is -2.01. The standard InChI is InChI=1S/C9H8BrNO/c10-4-8-2-1-7(6-12)3-9(8)5-11/h1-3,12H,4,6H2. The topological polar surface area (TPSA) is 44.0 Å². The van der Waals surface area contributed by atoms with Crippen LogP contribution in [0.1, 0.15) is 16.7 Å². The van der Waals surface area contributed by atoms with Gasteiger partial charge < -0.3 is 5.11 Å². The van der Waals surface area contributed by atoms with Crippen molar-refractivity contribution in [1.29, 1.82) is 5.26 Å². The molecule has 3 heteroatoms. The van der Waals surface area contributed by atoms with Crippen molar-refractivity contribution in [3.05, 3.63) is 34.9 Å². The summed E-state index contributed by atoms with van der Waals surface area (Å²) < 4.78 is 0. The maximum atomic E-state index is 8.80. The highest BCUT2D eigenvalue weighted by Crippen LogP contribution is 2.14. The number of nitriles is 1. The van der Waals surface area contributed by atoms with Crippen LogP contribution in [0.5, 0.6) is 0 Å². The lowest BCUT2D eigenvalue weighted by Crippen LogP contribution is -1.89. The molecule has 0 unspecified atom stereocenters. The van der Waals surface area contributed by atoms with Gasteiger partial charge >= 0.3 is 0 Å². The first kappa shape index (κ1) is 9.24. The molecular weight excluding hydrogens is 218 g/mol. The third-order valence-corrected chi connectivity index (χ3v) is 2.23. The summed E-state index contributed by atoms with van der Waals surface area (Å²) in [6.45, 7) is -0.0166. The Balaban J connectivity index is 3.13. The van der Waals surface area contributed by atoms with E-state index in [2.05, 4.69) is 22.0 Å². The number of rotatable bonds is 2. The zero-order chi connectivity index (χ0) is 8.97. The summed E-state index contributed by atoms with van der Waals surface area (Å²) in [5, 5.41) is 18.2. The SMILES string of the molecule is N#Cc1cc(CO)ccc1CBr. The lowest BCUT2D eigenvalue weighted by atomic mass is 10.1. The van der Waals surface area contributed by atoms with Crippen LogP contribution in [0.4, 0.5) is 0 Å². The van der Waals surface area contributed by atoms with E-state index in [0.29, 0.717) is 10.9 Å². The molecular formula is C9H8BrNO. The molecule has 2 nitrogen and oxygen atoms in total. The van der Waals surface area contributed by atoms with Gasteiger partial charge in [-0.2, -0.15) is 5.26 Å². The van der Waals surface area contributed by atoms with Crippen LogP contribution in [0.2, 0.25) is 0 Å². The number of halogens is 1.